The number of hydrogen-bond donors (Lipinski definition) is 3. The van der Waals surface area contributed by atoms with Crippen LogP contribution in [0.1, 0.15) is 6.92 Å². The number of para-hydroxylation sites is 2. The fourth-order valence-corrected chi connectivity index (χ4v) is 2.84. The Morgan fingerprint density at radius 3 is 2.45 bits per heavy atom. The largest absolute Gasteiger partial charge is 0.324 e. The molecule has 2 rings (SSSR count). The molecular formula is C13H19N3O3S. The monoisotopic (exact) mass is 297 g/mol. The van der Waals surface area contributed by atoms with Gasteiger partial charge in [0.15, 0.2) is 0 Å². The van der Waals surface area contributed by atoms with E-state index in [4.69, 9.17) is 0 Å². The SMILES string of the molecule is CC1CNCC1C(=O)Nc1ccccc1NS(C)(=O)=O. The number of hydrogen-bond acceptors (Lipinski definition) is 4. The van der Waals surface area contributed by atoms with Crippen LogP contribution in [0.3, 0.4) is 0 Å². The average molecular weight is 297 g/mol. The first-order valence-electron chi connectivity index (χ1n) is 6.45. The van der Waals surface area contributed by atoms with E-state index < -0.39 is 10.0 Å². The van der Waals surface area contributed by atoms with Crippen LogP contribution >= 0.6 is 0 Å². The molecule has 0 aliphatic carbocycles. The van der Waals surface area contributed by atoms with Crippen molar-refractivity contribution < 1.29 is 13.2 Å². The molecule has 1 aromatic rings. The van der Waals surface area contributed by atoms with E-state index >= 15 is 0 Å². The number of rotatable bonds is 4. The highest BCUT2D eigenvalue weighted by molar-refractivity contribution is 7.92. The highest BCUT2D eigenvalue weighted by atomic mass is 32.2. The van der Waals surface area contributed by atoms with Crippen LogP contribution in [0.15, 0.2) is 24.3 Å². The number of anilines is 2. The molecule has 0 radical (unpaired) electrons. The van der Waals surface area contributed by atoms with E-state index in [9.17, 15) is 13.2 Å². The Morgan fingerprint density at radius 1 is 1.25 bits per heavy atom. The van der Waals surface area contributed by atoms with Crippen LogP contribution in [0, 0.1) is 11.8 Å². The summed E-state index contributed by atoms with van der Waals surface area (Å²) in [5.41, 5.74) is 0.851. The van der Waals surface area contributed by atoms with Crippen LogP contribution in [0.5, 0.6) is 0 Å². The van der Waals surface area contributed by atoms with Crippen molar-refractivity contribution in [3.05, 3.63) is 24.3 Å². The third-order valence-corrected chi connectivity index (χ3v) is 3.93. The number of nitrogens with one attached hydrogen (secondary N) is 3. The molecule has 0 spiro atoms. The van der Waals surface area contributed by atoms with E-state index in [1.807, 2.05) is 6.92 Å². The zero-order valence-electron chi connectivity index (χ0n) is 11.5. The predicted molar refractivity (Wildman–Crippen MR) is 79.1 cm³/mol. The van der Waals surface area contributed by atoms with E-state index in [0.29, 0.717) is 17.9 Å². The van der Waals surface area contributed by atoms with Gasteiger partial charge in [0.25, 0.3) is 0 Å². The summed E-state index contributed by atoms with van der Waals surface area (Å²) in [6.45, 7) is 3.49. The molecule has 110 valence electrons. The first-order chi connectivity index (χ1) is 9.37. The van der Waals surface area contributed by atoms with Gasteiger partial charge in [-0.1, -0.05) is 19.1 Å². The van der Waals surface area contributed by atoms with E-state index in [-0.39, 0.29) is 17.7 Å². The predicted octanol–water partition coefficient (Wildman–Crippen LogP) is 0.852. The van der Waals surface area contributed by atoms with Gasteiger partial charge in [-0.2, -0.15) is 0 Å². The lowest BCUT2D eigenvalue weighted by molar-refractivity contribution is -0.120. The maximum absolute atomic E-state index is 12.2. The van der Waals surface area contributed by atoms with E-state index in [2.05, 4.69) is 15.4 Å². The zero-order chi connectivity index (χ0) is 14.8. The molecule has 6 nitrogen and oxygen atoms in total. The lowest BCUT2D eigenvalue weighted by Crippen LogP contribution is -2.28. The Labute approximate surface area is 119 Å². The Kier molecular flexibility index (Phi) is 4.29. The number of sulfonamides is 1. The normalized spacial score (nSPS) is 22.5. The summed E-state index contributed by atoms with van der Waals surface area (Å²) in [5.74, 6) is 0.0802. The molecule has 1 amide bonds. The highest BCUT2D eigenvalue weighted by Crippen LogP contribution is 2.24. The second kappa shape index (κ2) is 5.80. The van der Waals surface area contributed by atoms with Crippen LogP contribution in [0.25, 0.3) is 0 Å². The topological polar surface area (TPSA) is 87.3 Å². The molecular weight excluding hydrogens is 278 g/mol. The molecule has 2 unspecified atom stereocenters. The molecule has 7 heteroatoms. The van der Waals surface area contributed by atoms with Crippen LogP contribution < -0.4 is 15.4 Å². The van der Waals surface area contributed by atoms with Gasteiger partial charge < -0.3 is 10.6 Å². The van der Waals surface area contributed by atoms with Gasteiger partial charge in [0, 0.05) is 6.54 Å². The fraction of sp³-hybridized carbons (Fsp3) is 0.462. The van der Waals surface area contributed by atoms with Crippen molar-refractivity contribution in [3.63, 3.8) is 0 Å². The summed E-state index contributed by atoms with van der Waals surface area (Å²) in [6, 6.07) is 6.76. The van der Waals surface area contributed by atoms with Crippen molar-refractivity contribution in [1.82, 2.24) is 5.32 Å². The lowest BCUT2D eigenvalue weighted by atomic mass is 9.97. The Morgan fingerprint density at radius 2 is 1.90 bits per heavy atom. The summed E-state index contributed by atoms with van der Waals surface area (Å²) < 4.78 is 25.0. The molecule has 1 saturated heterocycles. The van der Waals surface area contributed by atoms with E-state index in [1.165, 1.54) is 0 Å². The third kappa shape index (κ3) is 3.71. The molecule has 1 heterocycles. The maximum atomic E-state index is 12.2. The molecule has 1 aromatic carbocycles. The molecule has 2 atom stereocenters. The van der Waals surface area contributed by atoms with Gasteiger partial charge in [-0.15, -0.1) is 0 Å². The number of benzene rings is 1. The van der Waals surface area contributed by atoms with Gasteiger partial charge in [0.05, 0.1) is 23.5 Å². The van der Waals surface area contributed by atoms with Crippen LogP contribution in [0.4, 0.5) is 11.4 Å². The van der Waals surface area contributed by atoms with Gasteiger partial charge in [-0.25, -0.2) is 8.42 Å². The Hall–Kier alpha value is -1.60. The van der Waals surface area contributed by atoms with Crippen molar-refractivity contribution >= 4 is 27.3 Å². The number of carbonyl (C=O) groups is 1. The van der Waals surface area contributed by atoms with Crippen LogP contribution in [0.2, 0.25) is 0 Å². The maximum Gasteiger partial charge on any atom is 0.229 e. The average Bonchev–Trinajstić information content (AvgIpc) is 2.76. The molecule has 20 heavy (non-hydrogen) atoms. The quantitative estimate of drug-likeness (QED) is 0.769. The van der Waals surface area contributed by atoms with Crippen molar-refractivity contribution in [3.8, 4) is 0 Å². The molecule has 1 fully saturated rings. The fourth-order valence-electron chi connectivity index (χ4n) is 2.27. The van der Waals surface area contributed by atoms with Gasteiger partial charge in [-0.05, 0) is 24.6 Å². The third-order valence-electron chi connectivity index (χ3n) is 3.33. The minimum Gasteiger partial charge on any atom is -0.324 e. The summed E-state index contributed by atoms with van der Waals surface area (Å²) in [6.07, 6.45) is 1.08. The molecule has 1 aliphatic rings. The molecule has 3 N–H and O–H groups in total. The highest BCUT2D eigenvalue weighted by Gasteiger charge is 2.29. The molecule has 0 saturated carbocycles. The van der Waals surface area contributed by atoms with Crippen molar-refractivity contribution in [2.75, 3.05) is 29.4 Å². The van der Waals surface area contributed by atoms with Gasteiger partial charge in [0.1, 0.15) is 0 Å². The molecule has 0 bridgehead atoms. The second-order valence-corrected chi connectivity index (χ2v) is 6.90. The van der Waals surface area contributed by atoms with Gasteiger partial charge in [0.2, 0.25) is 15.9 Å². The number of amides is 1. The minimum atomic E-state index is -3.38. The summed E-state index contributed by atoms with van der Waals surface area (Å²) in [4.78, 5) is 12.2. The summed E-state index contributed by atoms with van der Waals surface area (Å²) >= 11 is 0. The Bertz CT molecular complexity index is 601. The molecule has 0 aromatic heterocycles. The van der Waals surface area contributed by atoms with Crippen LogP contribution in [-0.2, 0) is 14.8 Å². The minimum absolute atomic E-state index is 0.0924. The number of carbonyl (C=O) groups excluding carboxylic acids is 1. The molecule has 1 aliphatic heterocycles. The first kappa shape index (κ1) is 14.8. The van der Waals surface area contributed by atoms with Gasteiger partial charge in [-0.3, -0.25) is 9.52 Å². The Balaban J connectivity index is 2.15. The lowest BCUT2D eigenvalue weighted by Gasteiger charge is -2.16. The van der Waals surface area contributed by atoms with Crippen molar-refractivity contribution in [2.24, 2.45) is 11.8 Å². The van der Waals surface area contributed by atoms with E-state index in [0.717, 1.165) is 12.8 Å². The van der Waals surface area contributed by atoms with E-state index in [1.54, 1.807) is 24.3 Å². The van der Waals surface area contributed by atoms with Crippen molar-refractivity contribution in [2.45, 2.75) is 6.92 Å². The van der Waals surface area contributed by atoms with Gasteiger partial charge >= 0.3 is 0 Å². The smallest absolute Gasteiger partial charge is 0.229 e. The second-order valence-electron chi connectivity index (χ2n) is 5.15. The van der Waals surface area contributed by atoms with Crippen LogP contribution in [-0.4, -0.2) is 33.7 Å². The zero-order valence-corrected chi connectivity index (χ0v) is 12.3. The summed E-state index contributed by atoms with van der Waals surface area (Å²) in [5, 5.41) is 5.97. The summed E-state index contributed by atoms with van der Waals surface area (Å²) in [7, 11) is -3.38. The van der Waals surface area contributed by atoms with Crippen molar-refractivity contribution in [1.29, 1.82) is 0 Å². The standard InChI is InChI=1S/C13H19N3O3S/c1-9-7-14-8-10(9)13(17)15-11-5-3-4-6-12(11)16-20(2,18)19/h3-6,9-10,14,16H,7-8H2,1-2H3,(H,15,17). The first-order valence-corrected chi connectivity index (χ1v) is 8.34.